The third-order valence-electron chi connectivity index (χ3n) is 3.63. The van der Waals surface area contributed by atoms with E-state index in [1.165, 1.54) is 6.07 Å². The van der Waals surface area contributed by atoms with Gasteiger partial charge >= 0.3 is 5.97 Å². The molecule has 1 N–H and O–H groups in total. The lowest BCUT2D eigenvalue weighted by Crippen LogP contribution is -1.94. The number of carboxylic acid groups (broad SMARTS) is 1. The molecule has 0 atom stereocenters. The molecule has 0 aliphatic rings. The number of benzene rings is 2. The van der Waals surface area contributed by atoms with Crippen LogP contribution >= 0.6 is 11.3 Å². The molecule has 0 bridgehead atoms. The number of nitriles is 1. The number of aromatic carboxylic acids is 1. The monoisotopic (exact) mass is 326 g/mol. The molecule has 0 spiro atoms. The number of aromatic nitrogens is 1. The first-order valence-electron chi connectivity index (χ1n) is 6.76. The van der Waals surface area contributed by atoms with Crippen LogP contribution in [0.15, 0.2) is 24.3 Å². The number of thiazole rings is 1. The van der Waals surface area contributed by atoms with Gasteiger partial charge in [0.2, 0.25) is 0 Å². The molecule has 2 aromatic carbocycles. The van der Waals surface area contributed by atoms with Crippen molar-refractivity contribution in [1.29, 1.82) is 5.26 Å². The first-order valence-corrected chi connectivity index (χ1v) is 7.58. The molecule has 0 saturated carbocycles. The number of rotatable bonds is 2. The van der Waals surface area contributed by atoms with Crippen LogP contribution in [-0.4, -0.2) is 16.1 Å². The molecule has 4 nitrogen and oxygen atoms in total. The highest BCUT2D eigenvalue weighted by atomic mass is 32.1. The Balaban J connectivity index is 2.32. The van der Waals surface area contributed by atoms with Crippen molar-refractivity contribution < 1.29 is 14.3 Å². The van der Waals surface area contributed by atoms with E-state index < -0.39 is 11.8 Å². The summed E-state index contributed by atoms with van der Waals surface area (Å²) in [6.07, 6.45) is 0. The summed E-state index contributed by atoms with van der Waals surface area (Å²) < 4.78 is 14.2. The number of carbonyl (C=O) groups is 1. The summed E-state index contributed by atoms with van der Waals surface area (Å²) in [4.78, 5) is 15.5. The summed E-state index contributed by atoms with van der Waals surface area (Å²) in [6, 6.07) is 8.32. The summed E-state index contributed by atoms with van der Waals surface area (Å²) in [5, 5.41) is 19.9. The summed E-state index contributed by atoms with van der Waals surface area (Å²) >= 11 is 1.02. The average molecular weight is 326 g/mol. The minimum atomic E-state index is -1.05. The van der Waals surface area contributed by atoms with E-state index in [0.29, 0.717) is 32.6 Å². The quantitative estimate of drug-likeness (QED) is 0.762. The summed E-state index contributed by atoms with van der Waals surface area (Å²) in [7, 11) is 0. The average Bonchev–Trinajstić information content (AvgIpc) is 2.92. The van der Waals surface area contributed by atoms with E-state index in [1.54, 1.807) is 25.1 Å². The van der Waals surface area contributed by atoms with Crippen LogP contribution in [0.1, 0.15) is 26.5 Å². The third kappa shape index (κ3) is 2.45. The molecule has 114 valence electrons. The largest absolute Gasteiger partial charge is 0.477 e. The van der Waals surface area contributed by atoms with Crippen LogP contribution in [0.4, 0.5) is 4.39 Å². The maximum Gasteiger partial charge on any atom is 0.347 e. The molecule has 3 aromatic rings. The summed E-state index contributed by atoms with van der Waals surface area (Å²) in [5.74, 6) is -1.47. The Bertz CT molecular complexity index is 1000. The zero-order chi connectivity index (χ0) is 16.7. The minimum absolute atomic E-state index is 0.142. The SMILES string of the molecule is Cc1nc(-c2cc(C#N)c3c(C)ccc(F)c3c2)sc1C(=O)O. The zero-order valence-corrected chi connectivity index (χ0v) is 13.2. The molecule has 1 aromatic heterocycles. The molecule has 1 heterocycles. The number of aryl methyl sites for hydroxylation is 2. The van der Waals surface area contributed by atoms with E-state index in [9.17, 15) is 14.4 Å². The Morgan fingerprint density at radius 1 is 1.35 bits per heavy atom. The molecule has 0 amide bonds. The van der Waals surface area contributed by atoms with Gasteiger partial charge in [0.15, 0.2) is 0 Å². The van der Waals surface area contributed by atoms with Crippen molar-refractivity contribution in [3.8, 4) is 16.6 Å². The van der Waals surface area contributed by atoms with Gasteiger partial charge in [0.25, 0.3) is 0 Å². The van der Waals surface area contributed by atoms with Crippen LogP contribution in [0, 0.1) is 31.0 Å². The number of carboxylic acids is 1. The van der Waals surface area contributed by atoms with Gasteiger partial charge in [0.05, 0.1) is 17.3 Å². The lowest BCUT2D eigenvalue weighted by molar-refractivity contribution is 0.0701. The molecule has 0 saturated heterocycles. The molecule has 23 heavy (non-hydrogen) atoms. The lowest BCUT2D eigenvalue weighted by atomic mass is 9.97. The summed E-state index contributed by atoms with van der Waals surface area (Å²) in [6.45, 7) is 3.43. The molecular formula is C17H11FN2O2S. The van der Waals surface area contributed by atoms with E-state index in [-0.39, 0.29) is 4.88 Å². The van der Waals surface area contributed by atoms with E-state index >= 15 is 0 Å². The maximum atomic E-state index is 14.2. The Morgan fingerprint density at radius 3 is 2.70 bits per heavy atom. The highest BCUT2D eigenvalue weighted by molar-refractivity contribution is 7.17. The van der Waals surface area contributed by atoms with Crippen LogP contribution in [0.25, 0.3) is 21.3 Å². The topological polar surface area (TPSA) is 74.0 Å². The molecule has 3 rings (SSSR count). The van der Waals surface area contributed by atoms with Crippen LogP contribution in [0.3, 0.4) is 0 Å². The highest BCUT2D eigenvalue weighted by Gasteiger charge is 2.17. The van der Waals surface area contributed by atoms with Gasteiger partial charge < -0.3 is 5.11 Å². The first-order chi connectivity index (χ1) is 10.9. The van der Waals surface area contributed by atoms with Gasteiger partial charge in [-0.2, -0.15) is 5.26 Å². The second-order valence-corrected chi connectivity index (χ2v) is 6.16. The Kier molecular flexibility index (Phi) is 3.58. The standard InChI is InChI=1S/C17H11FN2O2S/c1-8-3-4-13(18)12-6-10(5-11(7-19)14(8)12)16-20-9(2)15(23-16)17(21)22/h3-6H,1-2H3,(H,21,22). The van der Waals surface area contributed by atoms with Gasteiger partial charge in [-0.3, -0.25) is 0 Å². The first kappa shape index (κ1) is 15.1. The number of halogens is 1. The second-order valence-electron chi connectivity index (χ2n) is 5.16. The van der Waals surface area contributed by atoms with Crippen molar-refractivity contribution in [3.63, 3.8) is 0 Å². The number of hydrogen-bond donors (Lipinski definition) is 1. The van der Waals surface area contributed by atoms with Crippen LogP contribution in [0.5, 0.6) is 0 Å². The third-order valence-corrected chi connectivity index (χ3v) is 4.82. The highest BCUT2D eigenvalue weighted by Crippen LogP contribution is 2.34. The van der Waals surface area contributed by atoms with E-state index in [4.69, 9.17) is 5.11 Å². The van der Waals surface area contributed by atoms with Crippen LogP contribution in [-0.2, 0) is 0 Å². The van der Waals surface area contributed by atoms with Gasteiger partial charge in [0, 0.05) is 16.3 Å². The molecular weight excluding hydrogens is 315 g/mol. The van der Waals surface area contributed by atoms with Gasteiger partial charge in [0.1, 0.15) is 15.7 Å². The Labute approximate surface area is 135 Å². The number of nitrogens with zero attached hydrogens (tertiary/aromatic N) is 2. The second kappa shape index (κ2) is 5.45. The molecule has 0 radical (unpaired) electrons. The van der Waals surface area contributed by atoms with E-state index in [0.717, 1.165) is 16.9 Å². The van der Waals surface area contributed by atoms with E-state index in [2.05, 4.69) is 11.1 Å². The predicted octanol–water partition coefficient (Wildman–Crippen LogP) is 4.29. The predicted molar refractivity (Wildman–Crippen MR) is 86.2 cm³/mol. The van der Waals surface area contributed by atoms with Gasteiger partial charge in [-0.25, -0.2) is 14.2 Å². The van der Waals surface area contributed by atoms with Crippen LogP contribution in [0.2, 0.25) is 0 Å². The van der Waals surface area contributed by atoms with Crippen molar-refractivity contribution >= 4 is 28.1 Å². The summed E-state index contributed by atoms with van der Waals surface area (Å²) in [5.41, 5.74) is 2.10. The molecule has 6 heteroatoms. The van der Waals surface area contributed by atoms with Crippen molar-refractivity contribution in [2.24, 2.45) is 0 Å². The van der Waals surface area contributed by atoms with Gasteiger partial charge in [-0.05, 0) is 37.6 Å². The van der Waals surface area contributed by atoms with Crippen molar-refractivity contribution in [1.82, 2.24) is 4.98 Å². The fourth-order valence-electron chi connectivity index (χ4n) is 2.56. The van der Waals surface area contributed by atoms with Crippen molar-refractivity contribution in [3.05, 3.63) is 51.8 Å². The molecule has 0 fully saturated rings. The lowest BCUT2D eigenvalue weighted by Gasteiger charge is -2.08. The fourth-order valence-corrected chi connectivity index (χ4v) is 3.45. The molecule has 0 unspecified atom stereocenters. The van der Waals surface area contributed by atoms with Crippen molar-refractivity contribution in [2.45, 2.75) is 13.8 Å². The minimum Gasteiger partial charge on any atom is -0.477 e. The van der Waals surface area contributed by atoms with Gasteiger partial charge in [-0.15, -0.1) is 11.3 Å². The maximum absolute atomic E-state index is 14.2. The molecule has 0 aliphatic carbocycles. The van der Waals surface area contributed by atoms with E-state index in [1.807, 2.05) is 6.92 Å². The number of hydrogen-bond acceptors (Lipinski definition) is 4. The fraction of sp³-hybridized carbons (Fsp3) is 0.118. The Hall–Kier alpha value is -2.78. The normalized spacial score (nSPS) is 10.7. The van der Waals surface area contributed by atoms with Crippen LogP contribution < -0.4 is 0 Å². The number of fused-ring (bicyclic) bond motifs is 1. The molecule has 0 aliphatic heterocycles. The Morgan fingerprint density at radius 2 is 2.09 bits per heavy atom. The smallest absolute Gasteiger partial charge is 0.347 e. The van der Waals surface area contributed by atoms with Crippen molar-refractivity contribution in [2.75, 3.05) is 0 Å². The zero-order valence-electron chi connectivity index (χ0n) is 12.3. The van der Waals surface area contributed by atoms with Gasteiger partial charge in [-0.1, -0.05) is 6.07 Å².